The standard InChI is InChI=1S/C19H30N4O3/c24-18(20-17-9-14-26-21-17)15-23(13-12-22-10-5-2-6-11-22)19(25)16-7-3-1-4-8-16/h9,14,16H,1-8,10-13,15H2,(H,20,21,24). The molecule has 2 heterocycles. The molecular formula is C19H30N4O3. The van der Waals surface area contributed by atoms with Crippen molar-refractivity contribution in [3.05, 3.63) is 12.3 Å². The molecule has 0 aromatic carbocycles. The largest absolute Gasteiger partial charge is 0.363 e. The number of carbonyl (C=O) groups is 2. The number of hydrogen-bond acceptors (Lipinski definition) is 5. The van der Waals surface area contributed by atoms with Crippen molar-refractivity contribution >= 4 is 17.6 Å². The summed E-state index contributed by atoms with van der Waals surface area (Å²) in [6.07, 6.45) is 10.5. The van der Waals surface area contributed by atoms with Crippen molar-refractivity contribution in [3.63, 3.8) is 0 Å². The van der Waals surface area contributed by atoms with Crippen LogP contribution in [0.15, 0.2) is 16.9 Å². The SMILES string of the molecule is O=C(CN(CCN1CCCCC1)C(=O)C1CCCCC1)Nc1ccon1. The molecule has 1 aliphatic heterocycles. The first-order valence-corrected chi connectivity index (χ1v) is 9.94. The third kappa shape index (κ3) is 5.56. The summed E-state index contributed by atoms with van der Waals surface area (Å²) in [6.45, 7) is 3.72. The Labute approximate surface area is 155 Å². The van der Waals surface area contributed by atoms with Gasteiger partial charge in [-0.25, -0.2) is 0 Å². The van der Waals surface area contributed by atoms with Gasteiger partial charge in [0, 0.05) is 25.1 Å². The van der Waals surface area contributed by atoms with Crippen LogP contribution in [-0.4, -0.2) is 59.5 Å². The second-order valence-corrected chi connectivity index (χ2v) is 7.43. The van der Waals surface area contributed by atoms with Gasteiger partial charge in [-0.1, -0.05) is 30.8 Å². The summed E-state index contributed by atoms with van der Waals surface area (Å²) in [4.78, 5) is 29.5. The van der Waals surface area contributed by atoms with E-state index in [2.05, 4.69) is 15.4 Å². The van der Waals surface area contributed by atoms with Crippen molar-refractivity contribution in [2.75, 3.05) is 38.0 Å². The van der Waals surface area contributed by atoms with E-state index >= 15 is 0 Å². The first-order valence-electron chi connectivity index (χ1n) is 9.94. The van der Waals surface area contributed by atoms with Gasteiger partial charge < -0.3 is 19.6 Å². The Kier molecular flexibility index (Phi) is 7.05. The normalized spacial score (nSPS) is 19.2. The van der Waals surface area contributed by atoms with Gasteiger partial charge in [0.15, 0.2) is 5.82 Å². The average Bonchev–Trinajstić information content (AvgIpc) is 3.19. The molecule has 0 atom stereocenters. The van der Waals surface area contributed by atoms with Gasteiger partial charge in [-0.05, 0) is 38.8 Å². The van der Waals surface area contributed by atoms with Crippen LogP contribution in [0.1, 0.15) is 51.4 Å². The molecule has 2 fully saturated rings. The molecule has 0 unspecified atom stereocenters. The second kappa shape index (κ2) is 9.71. The third-order valence-electron chi connectivity index (χ3n) is 5.44. The highest BCUT2D eigenvalue weighted by Gasteiger charge is 2.27. The Balaban J connectivity index is 1.57. The lowest BCUT2D eigenvalue weighted by Gasteiger charge is -2.32. The summed E-state index contributed by atoms with van der Waals surface area (Å²) in [5.41, 5.74) is 0. The molecule has 2 amide bonds. The first kappa shape index (κ1) is 18.9. The Morgan fingerprint density at radius 1 is 1.15 bits per heavy atom. The number of aromatic nitrogens is 1. The van der Waals surface area contributed by atoms with E-state index in [-0.39, 0.29) is 24.3 Å². The summed E-state index contributed by atoms with van der Waals surface area (Å²) in [5, 5.41) is 6.40. The molecule has 0 spiro atoms. The lowest BCUT2D eigenvalue weighted by molar-refractivity contribution is -0.139. The number of rotatable bonds is 7. The molecule has 7 heteroatoms. The molecule has 0 radical (unpaired) electrons. The van der Waals surface area contributed by atoms with Gasteiger partial charge in [0.1, 0.15) is 6.26 Å². The fourth-order valence-corrected chi connectivity index (χ4v) is 3.95. The van der Waals surface area contributed by atoms with Gasteiger partial charge in [0.25, 0.3) is 0 Å². The maximum atomic E-state index is 13.0. The first-order chi connectivity index (χ1) is 12.7. The van der Waals surface area contributed by atoms with Crippen LogP contribution in [-0.2, 0) is 9.59 Å². The lowest BCUT2D eigenvalue weighted by atomic mass is 9.88. The zero-order valence-corrected chi connectivity index (χ0v) is 15.5. The Morgan fingerprint density at radius 3 is 2.58 bits per heavy atom. The van der Waals surface area contributed by atoms with E-state index in [1.54, 1.807) is 11.0 Å². The highest BCUT2D eigenvalue weighted by Crippen LogP contribution is 2.25. The molecule has 144 valence electrons. The van der Waals surface area contributed by atoms with E-state index in [1.807, 2.05) is 0 Å². The summed E-state index contributed by atoms with van der Waals surface area (Å²) < 4.78 is 4.74. The molecule has 26 heavy (non-hydrogen) atoms. The summed E-state index contributed by atoms with van der Waals surface area (Å²) >= 11 is 0. The summed E-state index contributed by atoms with van der Waals surface area (Å²) in [7, 11) is 0. The number of nitrogens with one attached hydrogen (secondary N) is 1. The fraction of sp³-hybridized carbons (Fsp3) is 0.737. The minimum absolute atomic E-state index is 0.0740. The van der Waals surface area contributed by atoms with E-state index in [1.165, 1.54) is 31.9 Å². The monoisotopic (exact) mass is 362 g/mol. The molecule has 1 N–H and O–H groups in total. The molecule has 7 nitrogen and oxygen atoms in total. The predicted molar refractivity (Wildman–Crippen MR) is 98.6 cm³/mol. The van der Waals surface area contributed by atoms with Crippen LogP contribution in [0.2, 0.25) is 0 Å². The van der Waals surface area contributed by atoms with Crippen LogP contribution in [0.3, 0.4) is 0 Å². The van der Waals surface area contributed by atoms with Crippen molar-refractivity contribution in [2.45, 2.75) is 51.4 Å². The van der Waals surface area contributed by atoms with E-state index in [0.29, 0.717) is 12.4 Å². The second-order valence-electron chi connectivity index (χ2n) is 7.43. The topological polar surface area (TPSA) is 78.7 Å². The Morgan fingerprint density at radius 2 is 1.88 bits per heavy atom. The van der Waals surface area contributed by atoms with E-state index in [0.717, 1.165) is 45.3 Å². The summed E-state index contributed by atoms with van der Waals surface area (Å²) in [5.74, 6) is 0.375. The molecule has 0 bridgehead atoms. The number of amides is 2. The number of anilines is 1. The highest BCUT2D eigenvalue weighted by molar-refractivity contribution is 5.94. The molecule has 1 aromatic rings. The van der Waals surface area contributed by atoms with Crippen LogP contribution in [0.4, 0.5) is 5.82 Å². The Bertz CT molecular complexity index is 563. The number of carbonyl (C=O) groups excluding carboxylic acids is 2. The zero-order valence-electron chi connectivity index (χ0n) is 15.5. The predicted octanol–water partition coefficient (Wildman–Crippen LogP) is 2.51. The minimum atomic E-state index is -0.221. The summed E-state index contributed by atoms with van der Waals surface area (Å²) in [6, 6.07) is 1.60. The van der Waals surface area contributed by atoms with Crippen LogP contribution >= 0.6 is 0 Å². The van der Waals surface area contributed by atoms with Gasteiger partial charge in [0.05, 0.1) is 6.54 Å². The van der Waals surface area contributed by atoms with Crippen molar-refractivity contribution in [1.29, 1.82) is 0 Å². The van der Waals surface area contributed by atoms with Gasteiger partial charge >= 0.3 is 0 Å². The maximum absolute atomic E-state index is 13.0. The van der Waals surface area contributed by atoms with Gasteiger partial charge in [-0.2, -0.15) is 0 Å². The van der Waals surface area contributed by atoms with Crippen LogP contribution in [0.25, 0.3) is 0 Å². The minimum Gasteiger partial charge on any atom is -0.363 e. The van der Waals surface area contributed by atoms with E-state index in [4.69, 9.17) is 4.52 Å². The number of nitrogens with zero attached hydrogens (tertiary/aromatic N) is 3. The zero-order chi connectivity index (χ0) is 18.2. The van der Waals surface area contributed by atoms with Gasteiger partial charge in [-0.3, -0.25) is 9.59 Å². The molecule has 1 aromatic heterocycles. The van der Waals surface area contributed by atoms with Crippen molar-refractivity contribution in [3.8, 4) is 0 Å². The van der Waals surface area contributed by atoms with E-state index < -0.39 is 0 Å². The molecule has 1 aliphatic carbocycles. The fourth-order valence-electron chi connectivity index (χ4n) is 3.95. The lowest BCUT2D eigenvalue weighted by Crippen LogP contribution is -2.46. The van der Waals surface area contributed by atoms with Crippen molar-refractivity contribution in [1.82, 2.24) is 15.0 Å². The molecule has 1 saturated carbocycles. The Hall–Kier alpha value is -1.89. The van der Waals surface area contributed by atoms with E-state index in [9.17, 15) is 9.59 Å². The average molecular weight is 362 g/mol. The van der Waals surface area contributed by atoms with Gasteiger partial charge in [-0.15, -0.1) is 0 Å². The quantitative estimate of drug-likeness (QED) is 0.806. The molecular weight excluding hydrogens is 332 g/mol. The smallest absolute Gasteiger partial charge is 0.245 e. The maximum Gasteiger partial charge on any atom is 0.245 e. The highest BCUT2D eigenvalue weighted by atomic mass is 16.5. The van der Waals surface area contributed by atoms with Crippen molar-refractivity contribution in [2.24, 2.45) is 5.92 Å². The van der Waals surface area contributed by atoms with Crippen molar-refractivity contribution < 1.29 is 14.1 Å². The van der Waals surface area contributed by atoms with Crippen LogP contribution in [0.5, 0.6) is 0 Å². The van der Waals surface area contributed by atoms with Gasteiger partial charge in [0.2, 0.25) is 11.8 Å². The number of hydrogen-bond donors (Lipinski definition) is 1. The number of likely N-dealkylation sites (tertiary alicyclic amines) is 1. The van der Waals surface area contributed by atoms with Crippen LogP contribution in [0, 0.1) is 5.92 Å². The molecule has 3 rings (SSSR count). The number of piperidine rings is 1. The molecule has 1 saturated heterocycles. The molecule has 2 aliphatic rings. The third-order valence-corrected chi connectivity index (χ3v) is 5.44. The van der Waals surface area contributed by atoms with Crippen LogP contribution < -0.4 is 5.32 Å².